The number of thiophene rings is 1. The largest absolute Gasteiger partial charge is 0.477 e. The van der Waals surface area contributed by atoms with Crippen LogP contribution in [0.3, 0.4) is 0 Å². The van der Waals surface area contributed by atoms with Crippen molar-refractivity contribution in [2.75, 3.05) is 0 Å². The summed E-state index contributed by atoms with van der Waals surface area (Å²) in [5.41, 5.74) is 1.63. The summed E-state index contributed by atoms with van der Waals surface area (Å²) in [4.78, 5) is 12.3. The molecule has 0 amide bonds. The van der Waals surface area contributed by atoms with Crippen LogP contribution in [-0.2, 0) is 11.0 Å². The molecule has 1 aromatic rings. The number of hydrogen-bond donors (Lipinski definition) is 1. The zero-order valence-electron chi connectivity index (χ0n) is 13.3. The van der Waals surface area contributed by atoms with E-state index in [1.54, 1.807) is 6.07 Å². The molecule has 0 fully saturated rings. The van der Waals surface area contributed by atoms with Gasteiger partial charge in [0.05, 0.1) is 6.61 Å². The summed E-state index contributed by atoms with van der Waals surface area (Å²) in [6.45, 7) is 14.1. The first kappa shape index (κ1) is 17.4. The van der Waals surface area contributed by atoms with Gasteiger partial charge in [0.15, 0.2) is 0 Å². The second kappa shape index (κ2) is 6.87. The lowest BCUT2D eigenvalue weighted by Gasteiger charge is -2.42. The average Bonchev–Trinajstić information content (AvgIpc) is 2.77. The molecule has 0 atom stereocenters. The molecule has 0 unspecified atom stereocenters. The summed E-state index contributed by atoms with van der Waals surface area (Å²) in [7, 11) is -1.87. The summed E-state index contributed by atoms with van der Waals surface area (Å²) >= 11 is 1.31. The third kappa shape index (κ3) is 3.51. The van der Waals surface area contributed by atoms with Gasteiger partial charge in [0.25, 0.3) is 0 Å². The van der Waals surface area contributed by atoms with Gasteiger partial charge in [-0.15, -0.1) is 11.3 Å². The van der Waals surface area contributed by atoms with E-state index < -0.39 is 14.3 Å². The highest BCUT2D eigenvalue weighted by molar-refractivity contribution is 7.13. The third-order valence-electron chi connectivity index (χ3n) is 4.04. The highest BCUT2D eigenvalue weighted by atomic mass is 32.1. The van der Waals surface area contributed by atoms with E-state index in [2.05, 4.69) is 41.5 Å². The van der Waals surface area contributed by atoms with Gasteiger partial charge in [0.2, 0.25) is 8.32 Å². The molecule has 1 heterocycles. The smallest absolute Gasteiger partial charge is 0.345 e. The number of hydrogen-bond acceptors (Lipinski definition) is 3. The minimum atomic E-state index is -1.87. The number of rotatable bonds is 7. The van der Waals surface area contributed by atoms with Crippen molar-refractivity contribution in [1.82, 2.24) is 0 Å². The SMILES string of the molecule is CC(C)[Si](OCc1ccc(C(=O)O)s1)(C(C)C)C(C)C. The second-order valence-corrected chi connectivity index (χ2v) is 12.8. The Bertz CT molecular complexity index is 430. The van der Waals surface area contributed by atoms with E-state index in [4.69, 9.17) is 9.53 Å². The maximum Gasteiger partial charge on any atom is 0.345 e. The molecule has 0 bridgehead atoms. The fourth-order valence-corrected chi connectivity index (χ4v) is 9.54. The van der Waals surface area contributed by atoms with E-state index in [-0.39, 0.29) is 0 Å². The Morgan fingerprint density at radius 1 is 1.15 bits per heavy atom. The van der Waals surface area contributed by atoms with E-state index in [1.807, 2.05) is 6.07 Å². The minimum absolute atomic E-state index is 0.384. The maximum atomic E-state index is 10.9. The summed E-state index contributed by atoms with van der Waals surface area (Å²) in [5, 5.41) is 8.97. The number of carboxylic acids is 1. The van der Waals surface area contributed by atoms with Crippen LogP contribution in [0.4, 0.5) is 0 Å². The fourth-order valence-electron chi connectivity index (χ4n) is 3.27. The van der Waals surface area contributed by atoms with Crippen molar-refractivity contribution in [3.8, 4) is 0 Å². The van der Waals surface area contributed by atoms with E-state index in [0.29, 0.717) is 28.1 Å². The normalized spacial score (nSPS) is 12.7. The lowest BCUT2D eigenvalue weighted by Crippen LogP contribution is -2.47. The van der Waals surface area contributed by atoms with Crippen molar-refractivity contribution >= 4 is 25.6 Å². The molecule has 0 aromatic carbocycles. The van der Waals surface area contributed by atoms with Gasteiger partial charge in [-0.2, -0.15) is 0 Å². The van der Waals surface area contributed by atoms with Crippen molar-refractivity contribution in [1.29, 1.82) is 0 Å². The Balaban J connectivity index is 2.88. The molecular formula is C15H26O3SSi. The first-order valence-corrected chi connectivity index (χ1v) is 10.1. The van der Waals surface area contributed by atoms with Crippen LogP contribution < -0.4 is 0 Å². The maximum absolute atomic E-state index is 10.9. The molecule has 5 heteroatoms. The molecule has 1 aromatic heterocycles. The Morgan fingerprint density at radius 3 is 2.00 bits per heavy atom. The molecule has 3 nitrogen and oxygen atoms in total. The Morgan fingerprint density at radius 2 is 1.65 bits per heavy atom. The molecule has 0 aliphatic carbocycles. The van der Waals surface area contributed by atoms with E-state index in [1.165, 1.54) is 11.3 Å². The molecule has 1 N–H and O–H groups in total. The predicted molar refractivity (Wildman–Crippen MR) is 87.1 cm³/mol. The van der Waals surface area contributed by atoms with Crippen LogP contribution in [-0.4, -0.2) is 19.4 Å². The van der Waals surface area contributed by atoms with Crippen LogP contribution in [0, 0.1) is 0 Å². The average molecular weight is 315 g/mol. The Hall–Kier alpha value is -0.653. The molecule has 20 heavy (non-hydrogen) atoms. The van der Waals surface area contributed by atoms with Gasteiger partial charge in [-0.25, -0.2) is 4.79 Å². The van der Waals surface area contributed by atoms with Crippen LogP contribution in [0.1, 0.15) is 56.1 Å². The molecule has 0 spiro atoms. The Kier molecular flexibility index (Phi) is 5.98. The van der Waals surface area contributed by atoms with Gasteiger partial charge in [0.1, 0.15) is 4.88 Å². The molecule has 0 saturated carbocycles. The zero-order valence-corrected chi connectivity index (χ0v) is 15.1. The van der Waals surface area contributed by atoms with Gasteiger partial charge >= 0.3 is 5.97 Å². The monoisotopic (exact) mass is 314 g/mol. The molecule has 1 rings (SSSR count). The van der Waals surface area contributed by atoms with Crippen LogP contribution in [0.5, 0.6) is 0 Å². The van der Waals surface area contributed by atoms with E-state index in [0.717, 1.165) is 4.88 Å². The molecule has 0 aliphatic heterocycles. The summed E-state index contributed by atoms with van der Waals surface area (Å²) in [6.07, 6.45) is 0. The number of carboxylic acid groups (broad SMARTS) is 1. The van der Waals surface area contributed by atoms with E-state index >= 15 is 0 Å². The standard InChI is InChI=1S/C15H26O3SSi/c1-10(2)20(11(3)4,12(5)6)18-9-13-7-8-14(19-13)15(16)17/h7-8,10-12H,9H2,1-6H3,(H,16,17). The molecule has 0 radical (unpaired) electrons. The summed E-state index contributed by atoms with van der Waals surface area (Å²) in [6, 6.07) is 3.53. The van der Waals surface area contributed by atoms with E-state index in [9.17, 15) is 4.79 Å². The lowest BCUT2D eigenvalue weighted by molar-refractivity contribution is 0.0702. The number of aromatic carboxylic acids is 1. The van der Waals surface area contributed by atoms with Gasteiger partial charge in [-0.3, -0.25) is 0 Å². The first-order chi connectivity index (χ1) is 9.21. The molecule has 114 valence electrons. The Labute approximate surface area is 127 Å². The zero-order chi connectivity index (χ0) is 15.5. The van der Waals surface area contributed by atoms with Crippen LogP contribution >= 0.6 is 11.3 Å². The van der Waals surface area contributed by atoms with Crippen LogP contribution in [0.15, 0.2) is 12.1 Å². The third-order valence-corrected chi connectivity index (χ3v) is 11.1. The van der Waals surface area contributed by atoms with Gasteiger partial charge in [-0.05, 0) is 28.8 Å². The van der Waals surface area contributed by atoms with Gasteiger partial charge < -0.3 is 9.53 Å². The van der Waals surface area contributed by atoms with Gasteiger partial charge in [0, 0.05) is 4.88 Å². The van der Waals surface area contributed by atoms with Crippen molar-refractivity contribution in [3.63, 3.8) is 0 Å². The topological polar surface area (TPSA) is 46.5 Å². The van der Waals surface area contributed by atoms with Crippen LogP contribution in [0.25, 0.3) is 0 Å². The fraction of sp³-hybridized carbons (Fsp3) is 0.667. The predicted octanol–water partition coefficient (Wildman–Crippen LogP) is 5.14. The molecule has 0 aliphatic rings. The quantitative estimate of drug-likeness (QED) is 0.709. The second-order valence-electron chi connectivity index (χ2n) is 6.18. The van der Waals surface area contributed by atoms with Crippen molar-refractivity contribution in [2.45, 2.75) is 64.8 Å². The molecule has 0 saturated heterocycles. The summed E-state index contributed by atoms with van der Waals surface area (Å²) in [5.74, 6) is -0.860. The molecular weight excluding hydrogens is 288 g/mol. The lowest BCUT2D eigenvalue weighted by atomic mass is 10.4. The van der Waals surface area contributed by atoms with Crippen molar-refractivity contribution in [3.05, 3.63) is 21.9 Å². The van der Waals surface area contributed by atoms with Crippen molar-refractivity contribution < 1.29 is 14.3 Å². The first-order valence-electron chi connectivity index (χ1n) is 7.17. The number of carbonyl (C=O) groups is 1. The highest BCUT2D eigenvalue weighted by Crippen LogP contribution is 2.42. The summed E-state index contributed by atoms with van der Waals surface area (Å²) < 4.78 is 6.45. The van der Waals surface area contributed by atoms with Crippen molar-refractivity contribution in [2.24, 2.45) is 0 Å². The highest BCUT2D eigenvalue weighted by Gasteiger charge is 2.45. The van der Waals surface area contributed by atoms with Crippen LogP contribution in [0.2, 0.25) is 16.6 Å². The minimum Gasteiger partial charge on any atom is -0.477 e. The van der Waals surface area contributed by atoms with Gasteiger partial charge in [-0.1, -0.05) is 41.5 Å².